The minimum absolute atomic E-state index is 0.149. The van der Waals surface area contributed by atoms with Crippen LogP contribution in [0.3, 0.4) is 0 Å². The maximum absolute atomic E-state index is 12.2. The average molecular weight is 270 g/mol. The Hall–Kier alpha value is -1.45. The summed E-state index contributed by atoms with van der Waals surface area (Å²) >= 11 is 0. The molecule has 0 heterocycles. The van der Waals surface area contributed by atoms with Gasteiger partial charge in [-0.3, -0.25) is 0 Å². The van der Waals surface area contributed by atoms with Gasteiger partial charge < -0.3 is 4.74 Å². The molecule has 4 heteroatoms. The lowest BCUT2D eigenvalue weighted by molar-refractivity contribution is -0.274. The van der Waals surface area contributed by atoms with E-state index in [1.165, 1.54) is 12.1 Å². The van der Waals surface area contributed by atoms with Gasteiger partial charge in [0.05, 0.1) is 0 Å². The summed E-state index contributed by atoms with van der Waals surface area (Å²) in [6.45, 7) is 2.06. The fourth-order valence-corrected chi connectivity index (χ4v) is 2.47. The van der Waals surface area contributed by atoms with Crippen LogP contribution >= 0.6 is 0 Å². The molecule has 1 aromatic carbocycles. The van der Waals surface area contributed by atoms with E-state index < -0.39 is 6.36 Å². The molecule has 0 fully saturated rings. The van der Waals surface area contributed by atoms with Crippen molar-refractivity contribution < 1.29 is 17.9 Å². The van der Waals surface area contributed by atoms with Crippen LogP contribution in [0, 0.1) is 0 Å². The van der Waals surface area contributed by atoms with Gasteiger partial charge in [0.2, 0.25) is 0 Å². The van der Waals surface area contributed by atoms with Gasteiger partial charge in [-0.15, -0.1) is 13.2 Å². The van der Waals surface area contributed by atoms with E-state index in [0.717, 1.165) is 31.2 Å². The molecule has 0 amide bonds. The zero-order valence-corrected chi connectivity index (χ0v) is 10.8. The fourth-order valence-electron chi connectivity index (χ4n) is 2.47. The largest absolute Gasteiger partial charge is 0.573 e. The molecule has 1 aliphatic rings. The highest BCUT2D eigenvalue weighted by molar-refractivity contribution is 5.37. The molecular weight excluding hydrogens is 253 g/mol. The van der Waals surface area contributed by atoms with Crippen molar-refractivity contribution in [3.8, 4) is 5.75 Å². The van der Waals surface area contributed by atoms with Gasteiger partial charge in [0.15, 0.2) is 0 Å². The van der Waals surface area contributed by atoms with E-state index >= 15 is 0 Å². The minimum atomic E-state index is -4.64. The first-order valence-electron chi connectivity index (χ1n) is 6.43. The highest BCUT2D eigenvalue weighted by atomic mass is 19.4. The second-order valence-electron chi connectivity index (χ2n) is 5.14. The van der Waals surface area contributed by atoms with Crippen LogP contribution in [0.1, 0.15) is 38.2 Å². The van der Waals surface area contributed by atoms with Gasteiger partial charge in [-0.2, -0.15) is 0 Å². The number of allylic oxidation sites excluding steroid dienone is 2. The van der Waals surface area contributed by atoms with Crippen LogP contribution in [-0.4, -0.2) is 6.36 Å². The molecular formula is C15H17F3O. The van der Waals surface area contributed by atoms with Gasteiger partial charge in [-0.1, -0.05) is 37.6 Å². The maximum Gasteiger partial charge on any atom is 0.573 e. The van der Waals surface area contributed by atoms with Gasteiger partial charge >= 0.3 is 6.36 Å². The molecule has 0 aliphatic heterocycles. The molecule has 104 valence electrons. The summed E-state index contributed by atoms with van der Waals surface area (Å²) in [6.07, 6.45) is 3.77. The summed E-state index contributed by atoms with van der Waals surface area (Å²) < 4.78 is 40.7. The van der Waals surface area contributed by atoms with Crippen molar-refractivity contribution in [3.05, 3.63) is 42.0 Å². The number of hydrogen-bond acceptors (Lipinski definition) is 1. The Labute approximate surface area is 111 Å². The summed E-state index contributed by atoms with van der Waals surface area (Å²) in [6, 6.07) is 6.29. The Morgan fingerprint density at radius 3 is 2.74 bits per heavy atom. The summed E-state index contributed by atoms with van der Waals surface area (Å²) in [5.41, 5.74) is 0.661. The standard InChI is InChI=1S/C15H17F3O/c1-14(9-4-2-3-5-10-14)12-7-6-8-13(11-12)19-15(16,17)18/h4,6-9,11H,2-3,5,10H2,1H3/t14-/m0/s1. The van der Waals surface area contributed by atoms with E-state index in [1.54, 1.807) is 6.07 Å². The first-order valence-corrected chi connectivity index (χ1v) is 6.43. The lowest BCUT2D eigenvalue weighted by Crippen LogP contribution is -2.20. The maximum atomic E-state index is 12.2. The molecule has 0 aromatic heterocycles. The third kappa shape index (κ3) is 3.75. The first kappa shape index (κ1) is 14.0. The molecule has 0 N–H and O–H groups in total. The van der Waals surface area contributed by atoms with Crippen LogP contribution in [0.2, 0.25) is 0 Å². The van der Waals surface area contributed by atoms with E-state index in [-0.39, 0.29) is 11.2 Å². The fraction of sp³-hybridized carbons (Fsp3) is 0.467. The molecule has 1 aliphatic carbocycles. The predicted molar refractivity (Wildman–Crippen MR) is 68.1 cm³/mol. The van der Waals surface area contributed by atoms with Crippen LogP contribution < -0.4 is 4.74 Å². The molecule has 2 rings (SSSR count). The van der Waals surface area contributed by atoms with Crippen molar-refractivity contribution in [2.45, 2.75) is 44.4 Å². The number of hydrogen-bond donors (Lipinski definition) is 0. The number of alkyl halides is 3. The smallest absolute Gasteiger partial charge is 0.406 e. The predicted octanol–water partition coefficient (Wildman–Crippen LogP) is 4.97. The van der Waals surface area contributed by atoms with Crippen molar-refractivity contribution in [2.75, 3.05) is 0 Å². The van der Waals surface area contributed by atoms with Crippen LogP contribution in [0.4, 0.5) is 13.2 Å². The summed E-state index contributed by atoms with van der Waals surface area (Å²) in [5.74, 6) is -0.149. The third-order valence-electron chi connectivity index (χ3n) is 3.53. The monoisotopic (exact) mass is 270 g/mol. The highest BCUT2D eigenvalue weighted by Crippen LogP contribution is 2.36. The summed E-state index contributed by atoms with van der Waals surface area (Å²) in [7, 11) is 0. The normalized spacial score (nSPS) is 24.0. The Kier molecular flexibility index (Phi) is 3.88. The number of ether oxygens (including phenoxy) is 1. The zero-order valence-electron chi connectivity index (χ0n) is 10.8. The Bertz CT molecular complexity index is 465. The second-order valence-corrected chi connectivity index (χ2v) is 5.14. The molecule has 1 atom stereocenters. The SMILES string of the molecule is C[C@]1(c2cccc(OC(F)(F)F)c2)C=CCCCC1. The molecule has 19 heavy (non-hydrogen) atoms. The van der Waals surface area contributed by atoms with E-state index in [9.17, 15) is 13.2 Å². The van der Waals surface area contributed by atoms with Crippen LogP contribution in [0.15, 0.2) is 36.4 Å². The molecule has 0 unspecified atom stereocenters. The number of benzene rings is 1. The lowest BCUT2D eigenvalue weighted by atomic mass is 9.79. The Morgan fingerprint density at radius 2 is 2.00 bits per heavy atom. The van der Waals surface area contributed by atoms with Gasteiger partial charge in [0.1, 0.15) is 5.75 Å². The third-order valence-corrected chi connectivity index (χ3v) is 3.53. The Morgan fingerprint density at radius 1 is 1.21 bits per heavy atom. The van der Waals surface area contributed by atoms with Crippen molar-refractivity contribution in [1.82, 2.24) is 0 Å². The molecule has 0 radical (unpaired) electrons. The van der Waals surface area contributed by atoms with Gasteiger partial charge in [-0.25, -0.2) is 0 Å². The average Bonchev–Trinajstić information content (AvgIpc) is 2.53. The quantitative estimate of drug-likeness (QED) is 0.689. The highest BCUT2D eigenvalue weighted by Gasteiger charge is 2.32. The van der Waals surface area contributed by atoms with E-state index in [4.69, 9.17) is 0 Å². The van der Waals surface area contributed by atoms with Gasteiger partial charge in [0, 0.05) is 5.41 Å². The van der Waals surface area contributed by atoms with Crippen molar-refractivity contribution in [1.29, 1.82) is 0 Å². The Balaban J connectivity index is 2.27. The van der Waals surface area contributed by atoms with Gasteiger partial charge in [0.25, 0.3) is 0 Å². The van der Waals surface area contributed by atoms with E-state index in [0.29, 0.717) is 0 Å². The van der Waals surface area contributed by atoms with Crippen molar-refractivity contribution >= 4 is 0 Å². The minimum Gasteiger partial charge on any atom is -0.406 e. The molecule has 0 saturated heterocycles. The molecule has 0 spiro atoms. The van der Waals surface area contributed by atoms with Crippen LogP contribution in [-0.2, 0) is 5.41 Å². The van der Waals surface area contributed by atoms with Gasteiger partial charge in [-0.05, 0) is 37.0 Å². The van der Waals surface area contributed by atoms with Crippen molar-refractivity contribution in [3.63, 3.8) is 0 Å². The molecule has 1 nitrogen and oxygen atoms in total. The van der Waals surface area contributed by atoms with Crippen LogP contribution in [0.5, 0.6) is 5.75 Å². The van der Waals surface area contributed by atoms with Crippen molar-refractivity contribution in [2.24, 2.45) is 0 Å². The van der Waals surface area contributed by atoms with E-state index in [2.05, 4.69) is 23.8 Å². The molecule has 0 saturated carbocycles. The molecule has 1 aromatic rings. The topological polar surface area (TPSA) is 9.23 Å². The summed E-state index contributed by atoms with van der Waals surface area (Å²) in [5, 5.41) is 0. The summed E-state index contributed by atoms with van der Waals surface area (Å²) in [4.78, 5) is 0. The molecule has 0 bridgehead atoms. The first-order chi connectivity index (χ1) is 8.89. The zero-order chi connectivity index (χ0) is 13.9. The van der Waals surface area contributed by atoms with E-state index in [1.807, 2.05) is 6.07 Å². The van der Waals surface area contributed by atoms with Crippen LogP contribution in [0.25, 0.3) is 0 Å². The second kappa shape index (κ2) is 5.27. The lowest BCUT2D eigenvalue weighted by Gasteiger charge is -2.26. The number of rotatable bonds is 2. The number of halogens is 3.